The summed E-state index contributed by atoms with van der Waals surface area (Å²) in [6, 6.07) is 21.6. The Labute approximate surface area is 291 Å². The molecule has 4 aromatic carbocycles. The van der Waals surface area contributed by atoms with Crippen LogP contribution in [0, 0.1) is 23.2 Å². The molecule has 4 aromatic rings. The maximum Gasteiger partial charge on any atom is 0.160 e. The molecule has 0 bridgehead atoms. The van der Waals surface area contributed by atoms with Crippen molar-refractivity contribution in [2.45, 2.75) is 50.6 Å². The molecule has 0 aromatic heterocycles. The number of methoxy groups -OCH3 is 4. The lowest BCUT2D eigenvalue weighted by Gasteiger charge is -2.47. The summed E-state index contributed by atoms with van der Waals surface area (Å²) in [7, 11) is 6.12. The van der Waals surface area contributed by atoms with E-state index in [0.717, 1.165) is 41.5 Å². The molecule has 1 aliphatic carbocycles. The molecule has 50 heavy (non-hydrogen) atoms. The van der Waals surface area contributed by atoms with Gasteiger partial charge in [0, 0.05) is 5.41 Å². The van der Waals surface area contributed by atoms with Crippen LogP contribution in [0.15, 0.2) is 72.8 Å². The minimum atomic E-state index is -0.387. The molecule has 3 aliphatic rings. The fraction of sp³-hybridized carbons (Fsp3) is 0.400. The van der Waals surface area contributed by atoms with Crippen molar-refractivity contribution in [3.8, 4) is 46.0 Å². The van der Waals surface area contributed by atoms with Crippen molar-refractivity contribution in [3.63, 3.8) is 0 Å². The highest BCUT2D eigenvalue weighted by Gasteiger charge is 2.61. The highest BCUT2D eigenvalue weighted by Crippen LogP contribution is 2.69. The summed E-state index contributed by atoms with van der Waals surface area (Å²) in [6.45, 7) is 2.23. The molecule has 4 N–H and O–H groups in total. The molecule has 8 atom stereocenters. The van der Waals surface area contributed by atoms with Crippen LogP contribution in [0.2, 0.25) is 0 Å². The third-order valence-electron chi connectivity index (χ3n) is 11.4. The van der Waals surface area contributed by atoms with E-state index in [2.05, 4.69) is 6.92 Å². The van der Waals surface area contributed by atoms with Gasteiger partial charge in [-0.25, -0.2) is 0 Å². The van der Waals surface area contributed by atoms with Crippen molar-refractivity contribution >= 4 is 0 Å². The first-order valence-electron chi connectivity index (χ1n) is 16.9. The Morgan fingerprint density at radius 2 is 1.02 bits per heavy atom. The van der Waals surface area contributed by atoms with E-state index in [-0.39, 0.29) is 70.6 Å². The van der Waals surface area contributed by atoms with Gasteiger partial charge in [0.15, 0.2) is 46.0 Å². The van der Waals surface area contributed by atoms with Gasteiger partial charge in [-0.05, 0) is 108 Å². The van der Waals surface area contributed by atoms with Gasteiger partial charge < -0.3 is 48.8 Å². The predicted molar refractivity (Wildman–Crippen MR) is 184 cm³/mol. The summed E-state index contributed by atoms with van der Waals surface area (Å²) < 4.78 is 35.9. The van der Waals surface area contributed by atoms with Crippen molar-refractivity contribution in [3.05, 3.63) is 95.1 Å². The zero-order chi connectivity index (χ0) is 35.3. The molecular formula is C40H44O10. The molecule has 1 saturated carbocycles. The van der Waals surface area contributed by atoms with Crippen molar-refractivity contribution in [2.24, 2.45) is 23.2 Å². The van der Waals surface area contributed by atoms with Crippen LogP contribution in [-0.2, 0) is 9.47 Å². The van der Waals surface area contributed by atoms with Gasteiger partial charge in [-0.15, -0.1) is 0 Å². The number of fused-ring (bicyclic) bond motifs is 1. The topological polar surface area (TPSA) is 136 Å². The van der Waals surface area contributed by atoms with Crippen molar-refractivity contribution < 1.29 is 48.8 Å². The predicted octanol–water partition coefficient (Wildman–Crippen LogP) is 7.91. The fourth-order valence-corrected chi connectivity index (χ4v) is 8.91. The number of benzene rings is 4. The largest absolute Gasteiger partial charge is 0.504 e. The molecule has 3 fully saturated rings. The third-order valence-corrected chi connectivity index (χ3v) is 11.4. The van der Waals surface area contributed by atoms with E-state index < -0.39 is 0 Å². The SMILES string of the molecule is COc1ccc([C@@H]2O[C@H](c3ccc(O)c(OC)c3)C(C)[C@@]23CCC2C(C3)[C@@H](c3ccc(O)c(OC)c3)O[C@H]2c2ccc(O)c(OC)c2)cc1O. The highest BCUT2D eigenvalue weighted by atomic mass is 16.5. The monoisotopic (exact) mass is 684 g/mol. The number of phenolic OH excluding ortho intramolecular Hbond substituents is 4. The first kappa shape index (κ1) is 33.7. The zero-order valence-corrected chi connectivity index (χ0v) is 28.8. The lowest BCUT2D eigenvalue weighted by Crippen LogP contribution is -2.40. The van der Waals surface area contributed by atoms with Gasteiger partial charge in [0.25, 0.3) is 0 Å². The van der Waals surface area contributed by atoms with Gasteiger partial charge in [-0.3, -0.25) is 0 Å². The summed E-state index contributed by atoms with van der Waals surface area (Å²) in [6.07, 6.45) is 1.03. The van der Waals surface area contributed by atoms with Crippen LogP contribution in [0.3, 0.4) is 0 Å². The Morgan fingerprint density at radius 3 is 1.52 bits per heavy atom. The van der Waals surface area contributed by atoms with Gasteiger partial charge in [0.2, 0.25) is 0 Å². The molecule has 1 spiro atoms. The number of aromatic hydroxyl groups is 4. The van der Waals surface area contributed by atoms with Crippen molar-refractivity contribution in [1.82, 2.24) is 0 Å². The Bertz CT molecular complexity index is 1880. The van der Waals surface area contributed by atoms with Crippen LogP contribution in [-0.4, -0.2) is 48.9 Å². The van der Waals surface area contributed by atoms with E-state index >= 15 is 0 Å². The van der Waals surface area contributed by atoms with E-state index in [4.69, 9.17) is 28.4 Å². The lowest BCUT2D eigenvalue weighted by molar-refractivity contribution is -0.0247. The summed E-state index contributed by atoms with van der Waals surface area (Å²) in [5.41, 5.74) is 3.17. The minimum Gasteiger partial charge on any atom is -0.504 e. The molecular weight excluding hydrogens is 640 g/mol. The summed E-state index contributed by atoms with van der Waals surface area (Å²) in [5, 5.41) is 42.2. The fourth-order valence-electron chi connectivity index (χ4n) is 8.91. The molecule has 0 radical (unpaired) electrons. The average Bonchev–Trinajstić information content (AvgIpc) is 3.63. The van der Waals surface area contributed by atoms with Crippen molar-refractivity contribution in [1.29, 1.82) is 0 Å². The van der Waals surface area contributed by atoms with Gasteiger partial charge in [0.05, 0.1) is 52.9 Å². The first-order valence-corrected chi connectivity index (χ1v) is 16.9. The molecule has 0 amide bonds. The van der Waals surface area contributed by atoms with Crippen LogP contribution in [0.5, 0.6) is 46.0 Å². The van der Waals surface area contributed by atoms with E-state index in [1.54, 1.807) is 30.3 Å². The normalized spacial score (nSPS) is 28.7. The highest BCUT2D eigenvalue weighted by molar-refractivity contribution is 5.47. The van der Waals surface area contributed by atoms with Gasteiger partial charge in [-0.2, -0.15) is 0 Å². The Kier molecular flexibility index (Phi) is 8.86. The standard InChI is InChI=1S/C40H44O10/c1-21-36(22-6-10-28(41)33(17-22)46-3)50-39(25-9-13-32(45-2)31(44)16-25)40(21)15-14-26-27(20-40)38(24-8-12-30(43)35(19-24)48-5)49-37(26)23-7-11-29(42)34(18-23)47-4/h6-13,16-19,21,26-27,36-39,41-44H,14-15,20H2,1-5H3/t21?,26?,27?,36-,37-,38+,39-,40-/m0/s1. The van der Waals surface area contributed by atoms with Crippen LogP contribution < -0.4 is 18.9 Å². The number of phenols is 4. The Balaban J connectivity index is 1.34. The van der Waals surface area contributed by atoms with Gasteiger partial charge in [0.1, 0.15) is 0 Å². The molecule has 264 valence electrons. The van der Waals surface area contributed by atoms with Crippen molar-refractivity contribution in [2.75, 3.05) is 28.4 Å². The second-order valence-electron chi connectivity index (χ2n) is 13.7. The van der Waals surface area contributed by atoms with Gasteiger partial charge >= 0.3 is 0 Å². The first-order chi connectivity index (χ1) is 24.1. The van der Waals surface area contributed by atoms with Crippen LogP contribution >= 0.6 is 0 Å². The molecule has 2 aliphatic heterocycles. The number of ether oxygens (including phenoxy) is 6. The molecule has 7 rings (SSSR count). The van der Waals surface area contributed by atoms with Crippen LogP contribution in [0.4, 0.5) is 0 Å². The molecule has 2 saturated heterocycles. The number of rotatable bonds is 8. The molecule has 10 heteroatoms. The maximum absolute atomic E-state index is 10.9. The minimum absolute atomic E-state index is 0.00904. The summed E-state index contributed by atoms with van der Waals surface area (Å²) in [4.78, 5) is 0. The second kappa shape index (κ2) is 13.2. The zero-order valence-electron chi connectivity index (χ0n) is 28.8. The van der Waals surface area contributed by atoms with Gasteiger partial charge in [-0.1, -0.05) is 31.2 Å². The molecule has 10 nitrogen and oxygen atoms in total. The third kappa shape index (κ3) is 5.51. The van der Waals surface area contributed by atoms with Crippen LogP contribution in [0.1, 0.15) is 72.9 Å². The average molecular weight is 685 g/mol. The summed E-state index contributed by atoms with van der Waals surface area (Å²) in [5.74, 6) is 1.87. The van der Waals surface area contributed by atoms with E-state index in [1.807, 2.05) is 42.5 Å². The van der Waals surface area contributed by atoms with E-state index in [0.29, 0.717) is 23.0 Å². The van der Waals surface area contributed by atoms with E-state index in [1.165, 1.54) is 28.4 Å². The second-order valence-corrected chi connectivity index (χ2v) is 13.7. The number of hydrogen-bond donors (Lipinski definition) is 4. The smallest absolute Gasteiger partial charge is 0.160 e. The maximum atomic E-state index is 10.9. The lowest BCUT2D eigenvalue weighted by atomic mass is 9.55. The number of hydrogen-bond acceptors (Lipinski definition) is 10. The van der Waals surface area contributed by atoms with E-state index in [9.17, 15) is 20.4 Å². The Hall–Kier alpha value is -4.80. The van der Waals surface area contributed by atoms with Crippen LogP contribution in [0.25, 0.3) is 0 Å². The Morgan fingerprint density at radius 1 is 0.540 bits per heavy atom. The summed E-state index contributed by atoms with van der Waals surface area (Å²) >= 11 is 0. The quantitative estimate of drug-likeness (QED) is 0.145. The molecule has 2 heterocycles. The molecule has 3 unspecified atom stereocenters.